The molecule has 0 bridgehead atoms. The lowest BCUT2D eigenvalue weighted by Gasteiger charge is -2.39. The number of fused-ring (bicyclic) bond motifs is 1. The van der Waals surface area contributed by atoms with E-state index < -0.39 is 29.5 Å². The first-order valence-electron chi connectivity index (χ1n) is 14.2. The monoisotopic (exact) mass is 596 g/mol. The Morgan fingerprint density at radius 1 is 1.09 bits per heavy atom. The maximum Gasteiger partial charge on any atom is 0.419 e. The van der Waals surface area contributed by atoms with E-state index in [0.29, 0.717) is 66.8 Å². The number of amides is 1. The molecule has 1 saturated heterocycles. The number of alkyl halides is 3. The van der Waals surface area contributed by atoms with Crippen LogP contribution in [0.25, 0.3) is 16.6 Å². The molecule has 0 aliphatic carbocycles. The highest BCUT2D eigenvalue weighted by atomic mass is 19.4. The average Bonchev–Trinajstić information content (AvgIpc) is 2.99. The van der Waals surface area contributed by atoms with Gasteiger partial charge in [0.25, 0.3) is 5.56 Å². The molecule has 1 atom stereocenters. The number of nitrogens with one attached hydrogen (secondary N) is 1. The molecule has 0 saturated carbocycles. The number of aromatic nitrogens is 2. The van der Waals surface area contributed by atoms with Gasteiger partial charge in [-0.2, -0.15) is 13.2 Å². The third-order valence-corrected chi connectivity index (χ3v) is 7.68. The Morgan fingerprint density at radius 2 is 1.79 bits per heavy atom. The highest BCUT2D eigenvalue weighted by molar-refractivity contribution is 5.80. The Kier molecular flexibility index (Phi) is 8.82. The van der Waals surface area contributed by atoms with E-state index in [2.05, 4.69) is 5.32 Å². The quantitative estimate of drug-likeness (QED) is 0.259. The average molecular weight is 597 g/mol. The van der Waals surface area contributed by atoms with Crippen molar-refractivity contribution < 1.29 is 27.1 Å². The number of para-hydroxylation sites is 1. The third-order valence-electron chi connectivity index (χ3n) is 7.68. The molecule has 3 aromatic carbocycles. The Labute approximate surface area is 246 Å². The number of benzene rings is 3. The van der Waals surface area contributed by atoms with Crippen LogP contribution in [0.15, 0.2) is 71.5 Å². The summed E-state index contributed by atoms with van der Waals surface area (Å²) in [5.74, 6) is -0.895. The highest BCUT2D eigenvalue weighted by Crippen LogP contribution is 2.33. The first-order valence-corrected chi connectivity index (χ1v) is 14.2. The number of nitrogens with zero attached hydrogens (tertiary/aromatic N) is 3. The van der Waals surface area contributed by atoms with Crippen molar-refractivity contribution in [3.8, 4) is 11.4 Å². The smallest absolute Gasteiger partial charge is 0.419 e. The molecule has 0 spiro atoms. The maximum atomic E-state index is 14.0. The van der Waals surface area contributed by atoms with Crippen LogP contribution in [0.4, 0.5) is 17.6 Å². The molecule has 5 rings (SSSR count). The molecule has 11 heteroatoms. The van der Waals surface area contributed by atoms with Gasteiger partial charge in [-0.05, 0) is 93.9 Å². The molecule has 1 N–H and O–H groups in total. The second-order valence-electron chi connectivity index (χ2n) is 10.5. The van der Waals surface area contributed by atoms with Crippen LogP contribution in [-0.2, 0) is 17.4 Å². The summed E-state index contributed by atoms with van der Waals surface area (Å²) in [6.07, 6.45) is -4.06. The lowest BCUT2D eigenvalue weighted by atomic mass is 9.99. The van der Waals surface area contributed by atoms with Crippen molar-refractivity contribution in [1.82, 2.24) is 19.8 Å². The van der Waals surface area contributed by atoms with Crippen molar-refractivity contribution in [3.63, 3.8) is 0 Å². The molecular weight excluding hydrogens is 564 g/mol. The molecule has 1 unspecified atom stereocenters. The molecule has 0 radical (unpaired) electrons. The maximum absolute atomic E-state index is 14.0. The lowest BCUT2D eigenvalue weighted by Crippen LogP contribution is -2.48. The zero-order valence-corrected chi connectivity index (χ0v) is 23.8. The van der Waals surface area contributed by atoms with Crippen LogP contribution in [-0.4, -0.2) is 46.1 Å². The van der Waals surface area contributed by atoms with Gasteiger partial charge in [-0.15, -0.1) is 0 Å². The van der Waals surface area contributed by atoms with E-state index in [1.807, 2.05) is 6.92 Å². The number of carbonyl (C=O) groups excluding carboxylic acids is 1. The van der Waals surface area contributed by atoms with Crippen LogP contribution in [0.1, 0.15) is 49.7 Å². The lowest BCUT2D eigenvalue weighted by molar-refractivity contribution is -0.140. The van der Waals surface area contributed by atoms with Gasteiger partial charge in [0.2, 0.25) is 5.91 Å². The van der Waals surface area contributed by atoms with Crippen LogP contribution in [0.5, 0.6) is 5.75 Å². The van der Waals surface area contributed by atoms with Crippen LogP contribution in [0, 0.1) is 5.82 Å². The molecule has 1 aliphatic heterocycles. The minimum Gasteiger partial charge on any atom is -0.494 e. The van der Waals surface area contributed by atoms with Gasteiger partial charge >= 0.3 is 6.18 Å². The Bertz CT molecular complexity index is 1660. The van der Waals surface area contributed by atoms with Crippen LogP contribution in [0.3, 0.4) is 0 Å². The van der Waals surface area contributed by atoms with Crippen LogP contribution >= 0.6 is 0 Å². The van der Waals surface area contributed by atoms with Gasteiger partial charge in [-0.1, -0.05) is 18.2 Å². The first-order chi connectivity index (χ1) is 20.6. The van der Waals surface area contributed by atoms with Gasteiger partial charge in [0, 0.05) is 6.04 Å². The molecule has 2 heterocycles. The van der Waals surface area contributed by atoms with Crippen molar-refractivity contribution in [2.24, 2.45) is 0 Å². The van der Waals surface area contributed by atoms with E-state index in [0.717, 1.165) is 6.07 Å². The largest absolute Gasteiger partial charge is 0.494 e. The number of rotatable bonds is 8. The van der Waals surface area contributed by atoms with E-state index in [1.54, 1.807) is 60.4 Å². The predicted octanol–water partition coefficient (Wildman–Crippen LogP) is 5.83. The number of halogens is 4. The molecule has 4 aromatic rings. The molecule has 1 aromatic heterocycles. The van der Waals surface area contributed by atoms with Crippen molar-refractivity contribution in [1.29, 1.82) is 0 Å². The fraction of sp³-hybridized carbons (Fsp3) is 0.344. The second kappa shape index (κ2) is 12.5. The van der Waals surface area contributed by atoms with E-state index in [1.165, 1.54) is 10.6 Å². The minimum atomic E-state index is -4.89. The van der Waals surface area contributed by atoms with E-state index in [4.69, 9.17) is 9.72 Å². The van der Waals surface area contributed by atoms with Gasteiger partial charge in [0.1, 0.15) is 17.4 Å². The molecule has 7 nitrogen and oxygen atoms in total. The van der Waals surface area contributed by atoms with Gasteiger partial charge in [0.05, 0.1) is 41.2 Å². The van der Waals surface area contributed by atoms with Gasteiger partial charge in [0.15, 0.2) is 0 Å². The van der Waals surface area contributed by atoms with Crippen molar-refractivity contribution in [2.45, 2.75) is 51.4 Å². The Morgan fingerprint density at radius 3 is 2.47 bits per heavy atom. The molecule has 226 valence electrons. The second-order valence-corrected chi connectivity index (χ2v) is 10.5. The van der Waals surface area contributed by atoms with Gasteiger partial charge < -0.3 is 15.0 Å². The summed E-state index contributed by atoms with van der Waals surface area (Å²) >= 11 is 0. The fourth-order valence-corrected chi connectivity index (χ4v) is 5.65. The summed E-state index contributed by atoms with van der Waals surface area (Å²) in [6.45, 7) is 5.41. The number of hydrogen-bond acceptors (Lipinski definition) is 5. The number of piperidine rings is 1. The predicted molar refractivity (Wildman–Crippen MR) is 155 cm³/mol. The minimum absolute atomic E-state index is 0.0419. The standard InChI is InChI=1S/C32H32F4N4O3/c1-3-43-24-11-9-22(10-12-24)40-30(38-28-7-5-4-6-25(28)31(40)42)20(2)39(23-14-16-37-17-15-23)29(41)19-21-8-13-27(33)26(18-21)32(34,35)36/h4-13,18,20,23,37H,3,14-17,19H2,1-2H3. The molecule has 1 aliphatic rings. The zero-order valence-electron chi connectivity index (χ0n) is 23.8. The molecule has 43 heavy (non-hydrogen) atoms. The van der Waals surface area contributed by atoms with Crippen LogP contribution in [0.2, 0.25) is 0 Å². The first kappa shape index (κ1) is 30.2. The Hall–Kier alpha value is -4.25. The summed E-state index contributed by atoms with van der Waals surface area (Å²) in [7, 11) is 0. The number of ether oxygens (including phenoxy) is 1. The van der Waals surface area contributed by atoms with Crippen molar-refractivity contribution in [2.75, 3.05) is 19.7 Å². The fourth-order valence-electron chi connectivity index (χ4n) is 5.65. The zero-order chi connectivity index (χ0) is 30.7. The Balaban J connectivity index is 1.60. The van der Waals surface area contributed by atoms with E-state index in [9.17, 15) is 27.2 Å². The molecule has 1 amide bonds. The summed E-state index contributed by atoms with van der Waals surface area (Å²) in [5.41, 5.74) is -0.704. The van der Waals surface area contributed by atoms with Gasteiger partial charge in [-0.3, -0.25) is 14.2 Å². The summed E-state index contributed by atoms with van der Waals surface area (Å²) in [5, 5.41) is 3.67. The summed E-state index contributed by atoms with van der Waals surface area (Å²) in [6, 6.07) is 15.5. The summed E-state index contributed by atoms with van der Waals surface area (Å²) in [4.78, 5) is 34.4. The normalized spacial score (nSPS) is 14.9. The molecule has 1 fully saturated rings. The van der Waals surface area contributed by atoms with Crippen LogP contribution < -0.4 is 15.6 Å². The number of hydrogen-bond donors (Lipinski definition) is 1. The summed E-state index contributed by atoms with van der Waals surface area (Å²) < 4.78 is 61.2. The van der Waals surface area contributed by atoms with E-state index >= 15 is 0 Å². The van der Waals surface area contributed by atoms with Crippen molar-refractivity contribution in [3.05, 3.63) is 99.9 Å². The topological polar surface area (TPSA) is 76.5 Å². The SMILES string of the molecule is CCOc1ccc(-n2c(C(C)N(C(=O)Cc3ccc(F)c(C(F)(F)F)c3)C3CCNCC3)nc3ccccc3c2=O)cc1. The number of carbonyl (C=O) groups is 1. The van der Waals surface area contributed by atoms with Crippen molar-refractivity contribution >= 4 is 16.8 Å². The third kappa shape index (κ3) is 6.41. The van der Waals surface area contributed by atoms with E-state index in [-0.39, 0.29) is 23.6 Å². The molecular formula is C32H32F4N4O3. The van der Waals surface area contributed by atoms with Gasteiger partial charge in [-0.25, -0.2) is 9.37 Å². The highest BCUT2D eigenvalue weighted by Gasteiger charge is 2.36.